The molecule has 94 valence electrons. The molecule has 1 saturated heterocycles. The Morgan fingerprint density at radius 1 is 1.35 bits per heavy atom. The second-order valence-corrected chi connectivity index (χ2v) is 5.27. The molecule has 0 atom stereocenters. The van der Waals surface area contributed by atoms with E-state index in [1.54, 1.807) is 0 Å². The summed E-state index contributed by atoms with van der Waals surface area (Å²) in [6.45, 7) is 3.03. The van der Waals surface area contributed by atoms with Gasteiger partial charge in [0.1, 0.15) is 0 Å². The summed E-state index contributed by atoms with van der Waals surface area (Å²) >= 11 is 5.96. The zero-order valence-electron chi connectivity index (χ0n) is 9.90. The van der Waals surface area contributed by atoms with E-state index >= 15 is 0 Å². The number of nitrogens with zero attached hydrogens (tertiary/aromatic N) is 1. The van der Waals surface area contributed by atoms with Crippen molar-refractivity contribution in [2.75, 3.05) is 19.6 Å². The average molecular weight is 255 g/mol. The van der Waals surface area contributed by atoms with Gasteiger partial charge < -0.3 is 10.8 Å². The van der Waals surface area contributed by atoms with Crippen LogP contribution in [0.25, 0.3) is 0 Å². The van der Waals surface area contributed by atoms with Gasteiger partial charge in [-0.15, -0.1) is 0 Å². The molecule has 1 aromatic rings. The molecular weight excluding hydrogens is 236 g/mol. The third kappa shape index (κ3) is 3.42. The molecule has 0 amide bonds. The number of nitrogens with two attached hydrogens (primary N) is 1. The molecule has 0 unspecified atom stereocenters. The van der Waals surface area contributed by atoms with Gasteiger partial charge in [-0.1, -0.05) is 23.7 Å². The van der Waals surface area contributed by atoms with Gasteiger partial charge in [-0.3, -0.25) is 4.90 Å². The van der Waals surface area contributed by atoms with E-state index in [4.69, 9.17) is 17.3 Å². The molecule has 4 heteroatoms. The van der Waals surface area contributed by atoms with Crippen molar-refractivity contribution < 1.29 is 5.11 Å². The second kappa shape index (κ2) is 5.36. The summed E-state index contributed by atoms with van der Waals surface area (Å²) in [4.78, 5) is 2.33. The van der Waals surface area contributed by atoms with Crippen molar-refractivity contribution in [2.45, 2.75) is 25.0 Å². The third-order valence-electron chi connectivity index (χ3n) is 3.46. The summed E-state index contributed by atoms with van der Waals surface area (Å²) in [7, 11) is 0. The van der Waals surface area contributed by atoms with E-state index in [0.717, 1.165) is 37.5 Å². The van der Waals surface area contributed by atoms with Crippen molar-refractivity contribution in [1.82, 2.24) is 4.90 Å². The topological polar surface area (TPSA) is 49.5 Å². The van der Waals surface area contributed by atoms with Crippen LogP contribution < -0.4 is 5.73 Å². The van der Waals surface area contributed by atoms with Crippen LogP contribution in [0.3, 0.4) is 0 Å². The molecule has 0 aliphatic carbocycles. The summed E-state index contributed by atoms with van der Waals surface area (Å²) in [6, 6.07) is 7.92. The van der Waals surface area contributed by atoms with Crippen molar-refractivity contribution in [3.63, 3.8) is 0 Å². The number of benzene rings is 1. The van der Waals surface area contributed by atoms with Crippen LogP contribution in [0.2, 0.25) is 5.02 Å². The number of halogens is 1. The van der Waals surface area contributed by atoms with Gasteiger partial charge in [0.2, 0.25) is 0 Å². The smallest absolute Gasteiger partial charge is 0.0793 e. The zero-order valence-corrected chi connectivity index (χ0v) is 10.7. The number of rotatable bonds is 3. The maximum atomic E-state index is 10.0. The fourth-order valence-corrected chi connectivity index (χ4v) is 2.44. The summed E-state index contributed by atoms with van der Waals surface area (Å²) in [5, 5.41) is 10.8. The van der Waals surface area contributed by atoms with Crippen LogP contribution in [0.15, 0.2) is 24.3 Å². The molecule has 3 N–H and O–H groups in total. The van der Waals surface area contributed by atoms with Gasteiger partial charge in [0.05, 0.1) is 5.60 Å². The first-order valence-electron chi connectivity index (χ1n) is 6.01. The van der Waals surface area contributed by atoms with Crippen molar-refractivity contribution in [3.05, 3.63) is 34.9 Å². The van der Waals surface area contributed by atoms with Gasteiger partial charge in [-0.25, -0.2) is 0 Å². The Bertz CT molecular complexity index is 375. The van der Waals surface area contributed by atoms with Gasteiger partial charge in [0.15, 0.2) is 0 Å². The zero-order chi connectivity index (χ0) is 12.3. The second-order valence-electron chi connectivity index (χ2n) is 4.83. The van der Waals surface area contributed by atoms with Gasteiger partial charge in [-0.05, 0) is 30.5 Å². The van der Waals surface area contributed by atoms with Gasteiger partial charge in [0.25, 0.3) is 0 Å². The Kier molecular flexibility index (Phi) is 4.05. The molecule has 1 heterocycles. The SMILES string of the molecule is NCC1(O)CCN(Cc2cccc(Cl)c2)CC1. The van der Waals surface area contributed by atoms with Crippen LogP contribution >= 0.6 is 11.6 Å². The maximum Gasteiger partial charge on any atom is 0.0793 e. The highest BCUT2D eigenvalue weighted by molar-refractivity contribution is 6.30. The number of hydrogen-bond acceptors (Lipinski definition) is 3. The first-order chi connectivity index (χ1) is 8.11. The summed E-state index contributed by atoms with van der Waals surface area (Å²) < 4.78 is 0. The standard InChI is InChI=1S/C13H19ClN2O/c14-12-3-1-2-11(8-12)9-16-6-4-13(17,10-15)5-7-16/h1-3,8,17H,4-7,9-10,15H2. The summed E-state index contributed by atoms with van der Waals surface area (Å²) in [5.74, 6) is 0. The van der Waals surface area contributed by atoms with E-state index in [1.807, 2.05) is 18.2 Å². The first kappa shape index (κ1) is 12.8. The molecular formula is C13H19ClN2O. The number of piperidine rings is 1. The molecule has 1 aliphatic heterocycles. The highest BCUT2D eigenvalue weighted by Gasteiger charge is 2.30. The van der Waals surface area contributed by atoms with E-state index in [9.17, 15) is 5.11 Å². The molecule has 1 aliphatic rings. The molecule has 0 spiro atoms. The molecule has 3 nitrogen and oxygen atoms in total. The summed E-state index contributed by atoms with van der Waals surface area (Å²) in [5.41, 5.74) is 6.14. The van der Waals surface area contributed by atoms with Crippen LogP contribution in [-0.2, 0) is 6.54 Å². The van der Waals surface area contributed by atoms with E-state index in [2.05, 4.69) is 11.0 Å². The minimum atomic E-state index is -0.648. The van der Waals surface area contributed by atoms with Crippen molar-refractivity contribution in [3.8, 4) is 0 Å². The summed E-state index contributed by atoms with van der Waals surface area (Å²) in [6.07, 6.45) is 1.51. The molecule has 2 rings (SSSR count). The van der Waals surface area contributed by atoms with E-state index in [0.29, 0.717) is 6.54 Å². The molecule has 0 radical (unpaired) electrons. The van der Waals surface area contributed by atoms with E-state index < -0.39 is 5.60 Å². The molecule has 0 bridgehead atoms. The van der Waals surface area contributed by atoms with Crippen LogP contribution in [0.4, 0.5) is 0 Å². The van der Waals surface area contributed by atoms with E-state index in [1.165, 1.54) is 5.56 Å². The lowest BCUT2D eigenvalue weighted by molar-refractivity contribution is -0.0153. The normalized spacial score (nSPS) is 20.4. The van der Waals surface area contributed by atoms with Crippen LogP contribution in [0.1, 0.15) is 18.4 Å². The van der Waals surface area contributed by atoms with E-state index in [-0.39, 0.29) is 0 Å². The molecule has 0 saturated carbocycles. The predicted molar refractivity (Wildman–Crippen MR) is 70.0 cm³/mol. The lowest BCUT2D eigenvalue weighted by atomic mass is 9.91. The monoisotopic (exact) mass is 254 g/mol. The maximum absolute atomic E-state index is 10.0. The molecule has 1 aromatic carbocycles. The Labute approximate surface area is 107 Å². The largest absolute Gasteiger partial charge is 0.388 e. The lowest BCUT2D eigenvalue weighted by Crippen LogP contribution is -2.48. The van der Waals surface area contributed by atoms with Gasteiger partial charge in [0, 0.05) is 31.2 Å². The predicted octanol–water partition coefficient (Wildman–Crippen LogP) is 1.63. The van der Waals surface area contributed by atoms with Crippen molar-refractivity contribution in [2.24, 2.45) is 5.73 Å². The Morgan fingerprint density at radius 2 is 2.06 bits per heavy atom. The van der Waals surface area contributed by atoms with Gasteiger partial charge >= 0.3 is 0 Å². The van der Waals surface area contributed by atoms with Gasteiger partial charge in [-0.2, -0.15) is 0 Å². The minimum Gasteiger partial charge on any atom is -0.388 e. The van der Waals surface area contributed by atoms with Crippen LogP contribution in [0.5, 0.6) is 0 Å². The minimum absolute atomic E-state index is 0.359. The Hall–Kier alpha value is -0.610. The lowest BCUT2D eigenvalue weighted by Gasteiger charge is -2.37. The number of aliphatic hydroxyl groups is 1. The molecule has 17 heavy (non-hydrogen) atoms. The Morgan fingerprint density at radius 3 is 2.65 bits per heavy atom. The molecule has 0 aromatic heterocycles. The third-order valence-corrected chi connectivity index (χ3v) is 3.70. The van der Waals surface area contributed by atoms with Crippen molar-refractivity contribution >= 4 is 11.6 Å². The van der Waals surface area contributed by atoms with Crippen LogP contribution in [-0.4, -0.2) is 35.2 Å². The first-order valence-corrected chi connectivity index (χ1v) is 6.38. The Balaban J connectivity index is 1.90. The number of hydrogen-bond donors (Lipinski definition) is 2. The number of likely N-dealkylation sites (tertiary alicyclic amines) is 1. The fourth-order valence-electron chi connectivity index (χ4n) is 2.23. The van der Waals surface area contributed by atoms with Crippen molar-refractivity contribution in [1.29, 1.82) is 0 Å². The highest BCUT2D eigenvalue weighted by Crippen LogP contribution is 2.22. The molecule has 1 fully saturated rings. The average Bonchev–Trinajstić information content (AvgIpc) is 2.33. The fraction of sp³-hybridized carbons (Fsp3) is 0.538. The highest BCUT2D eigenvalue weighted by atomic mass is 35.5. The quantitative estimate of drug-likeness (QED) is 0.862. The van der Waals surface area contributed by atoms with Crippen LogP contribution in [0, 0.1) is 0 Å².